The van der Waals surface area contributed by atoms with Crippen molar-refractivity contribution in [3.63, 3.8) is 0 Å². The lowest BCUT2D eigenvalue weighted by atomic mass is 10.1. The molecule has 0 aliphatic heterocycles. The van der Waals surface area contributed by atoms with E-state index in [0.717, 1.165) is 50.0 Å². The number of aryl methyl sites for hydroxylation is 2. The third-order valence-corrected chi connectivity index (χ3v) is 3.97. The number of pyridine rings is 1. The van der Waals surface area contributed by atoms with Crippen molar-refractivity contribution in [3.05, 3.63) is 22.9 Å². The van der Waals surface area contributed by atoms with Gasteiger partial charge < -0.3 is 15.7 Å². The molecule has 0 saturated heterocycles. The van der Waals surface area contributed by atoms with Crippen LogP contribution in [-0.4, -0.2) is 34.8 Å². The minimum Gasteiger partial charge on any atom is -0.395 e. The van der Waals surface area contributed by atoms with E-state index in [-0.39, 0.29) is 6.61 Å². The maximum atomic E-state index is 9.29. The Balaban J connectivity index is 2.38. The van der Waals surface area contributed by atoms with E-state index in [4.69, 9.17) is 22.9 Å². The van der Waals surface area contributed by atoms with E-state index < -0.39 is 0 Å². The molecule has 0 bridgehead atoms. The SMILES string of the molecule is CCCCN(CCO)c1nc2c(cc1C(N)=S)CCC2. The molecule has 3 N–H and O–H groups in total. The number of aliphatic hydroxyl groups excluding tert-OH is 1. The number of unbranched alkanes of at least 4 members (excludes halogenated alkanes) is 1. The van der Waals surface area contributed by atoms with Gasteiger partial charge >= 0.3 is 0 Å². The highest BCUT2D eigenvalue weighted by atomic mass is 32.1. The standard InChI is InChI=1S/C15H23N3OS/c1-2-3-7-18(8-9-19)15-12(14(16)20)10-11-5-4-6-13(11)17-15/h10,19H,2-9H2,1H3,(H2,16,20). The monoisotopic (exact) mass is 293 g/mol. The van der Waals surface area contributed by atoms with Crippen LogP contribution in [0.4, 0.5) is 5.82 Å². The summed E-state index contributed by atoms with van der Waals surface area (Å²) in [6, 6.07) is 2.10. The molecule has 1 heterocycles. The van der Waals surface area contributed by atoms with Gasteiger partial charge in [0.1, 0.15) is 10.8 Å². The number of nitrogens with two attached hydrogens (primary N) is 1. The molecule has 0 radical (unpaired) electrons. The fourth-order valence-corrected chi connectivity index (χ4v) is 2.83. The minimum atomic E-state index is 0.110. The summed E-state index contributed by atoms with van der Waals surface area (Å²) in [4.78, 5) is 7.29. The summed E-state index contributed by atoms with van der Waals surface area (Å²) < 4.78 is 0. The lowest BCUT2D eigenvalue weighted by Crippen LogP contribution is -2.31. The van der Waals surface area contributed by atoms with Gasteiger partial charge in [-0.1, -0.05) is 25.6 Å². The summed E-state index contributed by atoms with van der Waals surface area (Å²) in [5, 5.41) is 9.29. The Morgan fingerprint density at radius 2 is 2.25 bits per heavy atom. The highest BCUT2D eigenvalue weighted by Crippen LogP contribution is 2.27. The van der Waals surface area contributed by atoms with Crippen molar-refractivity contribution in [1.29, 1.82) is 0 Å². The zero-order chi connectivity index (χ0) is 14.5. The van der Waals surface area contributed by atoms with Crippen LogP contribution in [0.25, 0.3) is 0 Å². The van der Waals surface area contributed by atoms with Crippen LogP contribution >= 0.6 is 12.2 Å². The first kappa shape index (κ1) is 15.2. The average molecular weight is 293 g/mol. The Labute approximate surface area is 126 Å². The molecule has 110 valence electrons. The average Bonchev–Trinajstić information content (AvgIpc) is 2.89. The van der Waals surface area contributed by atoms with Crippen molar-refractivity contribution in [3.8, 4) is 0 Å². The normalized spacial score (nSPS) is 13.3. The maximum Gasteiger partial charge on any atom is 0.139 e. The van der Waals surface area contributed by atoms with Crippen molar-refractivity contribution >= 4 is 23.0 Å². The number of aromatic nitrogens is 1. The molecule has 20 heavy (non-hydrogen) atoms. The smallest absolute Gasteiger partial charge is 0.139 e. The summed E-state index contributed by atoms with van der Waals surface area (Å²) in [5.74, 6) is 0.848. The second kappa shape index (κ2) is 6.99. The lowest BCUT2D eigenvalue weighted by Gasteiger charge is -2.25. The third-order valence-electron chi connectivity index (χ3n) is 3.75. The van der Waals surface area contributed by atoms with E-state index >= 15 is 0 Å². The number of rotatable bonds is 7. The Bertz CT molecular complexity index is 490. The van der Waals surface area contributed by atoms with E-state index in [0.29, 0.717) is 11.5 Å². The van der Waals surface area contributed by atoms with Gasteiger partial charge in [-0.25, -0.2) is 4.98 Å². The summed E-state index contributed by atoms with van der Waals surface area (Å²) in [6.07, 6.45) is 5.41. The molecule has 1 aromatic rings. The van der Waals surface area contributed by atoms with Crippen LogP contribution in [0, 0.1) is 0 Å². The van der Waals surface area contributed by atoms with E-state index in [2.05, 4.69) is 17.9 Å². The summed E-state index contributed by atoms with van der Waals surface area (Å²) in [7, 11) is 0. The van der Waals surface area contributed by atoms with Gasteiger partial charge in [0, 0.05) is 18.8 Å². The molecule has 0 amide bonds. The van der Waals surface area contributed by atoms with Crippen LogP contribution in [0.15, 0.2) is 6.07 Å². The molecule has 0 fully saturated rings. The van der Waals surface area contributed by atoms with Crippen LogP contribution in [0.3, 0.4) is 0 Å². The molecule has 0 spiro atoms. The first-order valence-corrected chi connectivity index (χ1v) is 7.76. The van der Waals surface area contributed by atoms with Gasteiger partial charge in [-0.2, -0.15) is 0 Å². The van der Waals surface area contributed by atoms with Crippen molar-refractivity contribution < 1.29 is 5.11 Å². The van der Waals surface area contributed by atoms with Crippen molar-refractivity contribution in [2.24, 2.45) is 5.73 Å². The molecule has 2 rings (SSSR count). The van der Waals surface area contributed by atoms with Gasteiger partial charge in [0.25, 0.3) is 0 Å². The van der Waals surface area contributed by atoms with E-state index in [9.17, 15) is 5.11 Å². The molecule has 5 heteroatoms. The second-order valence-corrected chi connectivity index (χ2v) is 5.69. The molecule has 0 aromatic carbocycles. The predicted octanol–water partition coefficient (Wildman–Crippen LogP) is 1.80. The number of nitrogens with zero attached hydrogens (tertiary/aromatic N) is 2. The van der Waals surface area contributed by atoms with E-state index in [1.54, 1.807) is 0 Å². The predicted molar refractivity (Wildman–Crippen MR) is 86.4 cm³/mol. The lowest BCUT2D eigenvalue weighted by molar-refractivity contribution is 0.301. The molecule has 1 aliphatic rings. The van der Waals surface area contributed by atoms with Crippen LogP contribution in [0.5, 0.6) is 0 Å². The van der Waals surface area contributed by atoms with Crippen molar-refractivity contribution in [2.75, 3.05) is 24.6 Å². The van der Waals surface area contributed by atoms with E-state index in [1.807, 2.05) is 0 Å². The van der Waals surface area contributed by atoms with Gasteiger partial charge in [-0.05, 0) is 37.3 Å². The molecule has 0 saturated carbocycles. The minimum absolute atomic E-state index is 0.110. The van der Waals surface area contributed by atoms with Crippen LogP contribution in [-0.2, 0) is 12.8 Å². The maximum absolute atomic E-state index is 9.29. The Hall–Kier alpha value is -1.20. The highest BCUT2D eigenvalue weighted by Gasteiger charge is 2.20. The van der Waals surface area contributed by atoms with Gasteiger partial charge in [-0.3, -0.25) is 0 Å². The summed E-state index contributed by atoms with van der Waals surface area (Å²) in [5.41, 5.74) is 9.17. The van der Waals surface area contributed by atoms with Crippen molar-refractivity contribution in [2.45, 2.75) is 39.0 Å². The number of anilines is 1. The number of fused-ring (bicyclic) bond motifs is 1. The molecule has 1 aromatic heterocycles. The van der Waals surface area contributed by atoms with Gasteiger partial charge in [0.15, 0.2) is 0 Å². The number of hydrogen-bond donors (Lipinski definition) is 2. The zero-order valence-electron chi connectivity index (χ0n) is 12.1. The Kier molecular flexibility index (Phi) is 5.31. The molecule has 0 atom stereocenters. The van der Waals surface area contributed by atoms with E-state index in [1.165, 1.54) is 11.3 Å². The largest absolute Gasteiger partial charge is 0.395 e. The third kappa shape index (κ3) is 3.27. The van der Waals surface area contributed by atoms with Gasteiger partial charge in [0.2, 0.25) is 0 Å². The summed E-state index contributed by atoms with van der Waals surface area (Å²) >= 11 is 5.19. The van der Waals surface area contributed by atoms with Crippen LogP contribution < -0.4 is 10.6 Å². The second-order valence-electron chi connectivity index (χ2n) is 5.25. The highest BCUT2D eigenvalue weighted by molar-refractivity contribution is 7.80. The topological polar surface area (TPSA) is 62.4 Å². The molecule has 4 nitrogen and oxygen atoms in total. The first-order valence-electron chi connectivity index (χ1n) is 7.35. The summed E-state index contributed by atoms with van der Waals surface area (Å²) in [6.45, 7) is 3.71. The molecular formula is C15H23N3OS. The zero-order valence-corrected chi connectivity index (χ0v) is 12.9. The molecular weight excluding hydrogens is 270 g/mol. The quantitative estimate of drug-likeness (QED) is 0.751. The van der Waals surface area contributed by atoms with Crippen LogP contribution in [0.2, 0.25) is 0 Å². The molecule has 1 aliphatic carbocycles. The van der Waals surface area contributed by atoms with Gasteiger partial charge in [0.05, 0.1) is 12.2 Å². The number of hydrogen-bond acceptors (Lipinski definition) is 4. The van der Waals surface area contributed by atoms with Gasteiger partial charge in [-0.15, -0.1) is 0 Å². The fourth-order valence-electron chi connectivity index (χ4n) is 2.68. The number of aliphatic hydroxyl groups is 1. The fraction of sp³-hybridized carbons (Fsp3) is 0.600. The molecule has 0 unspecified atom stereocenters. The Morgan fingerprint density at radius 1 is 1.45 bits per heavy atom. The number of thiocarbonyl (C=S) groups is 1. The van der Waals surface area contributed by atoms with Crippen molar-refractivity contribution in [1.82, 2.24) is 4.98 Å². The van der Waals surface area contributed by atoms with Crippen LogP contribution in [0.1, 0.15) is 43.0 Å². The Morgan fingerprint density at radius 3 is 2.90 bits per heavy atom. The first-order chi connectivity index (χ1) is 9.67.